The lowest BCUT2D eigenvalue weighted by Gasteiger charge is -2.43. The second kappa shape index (κ2) is 8.87. The van der Waals surface area contributed by atoms with E-state index in [9.17, 15) is 9.59 Å². The van der Waals surface area contributed by atoms with Crippen LogP contribution in [0.15, 0.2) is 47.3 Å². The average Bonchev–Trinajstić information content (AvgIpc) is 2.81. The fraction of sp³-hybridized carbons (Fsp3) is 0.520. The lowest BCUT2D eigenvalue weighted by atomic mass is 9.83. The van der Waals surface area contributed by atoms with Crippen molar-refractivity contribution in [1.29, 1.82) is 0 Å². The fourth-order valence-corrected chi connectivity index (χ4v) is 5.52. The fourth-order valence-electron chi connectivity index (χ4n) is 5.52. The molecule has 6 heteroatoms. The quantitative estimate of drug-likeness (QED) is 0.827. The van der Waals surface area contributed by atoms with E-state index in [0.717, 1.165) is 56.0 Å². The van der Waals surface area contributed by atoms with Crippen LogP contribution in [0.4, 0.5) is 4.79 Å². The number of likely N-dealkylation sites (tertiary alicyclic amines) is 2. The number of hydrogen-bond acceptors (Lipinski definition) is 3. The third-order valence-electron chi connectivity index (χ3n) is 7.10. The first kappa shape index (κ1) is 20.3. The Morgan fingerprint density at radius 1 is 0.968 bits per heavy atom. The Morgan fingerprint density at radius 3 is 2.58 bits per heavy atom. The Bertz CT molecular complexity index is 981. The molecule has 0 saturated carbocycles. The first-order chi connectivity index (χ1) is 15.2. The Labute approximate surface area is 183 Å². The number of piperidine rings is 2. The summed E-state index contributed by atoms with van der Waals surface area (Å²) >= 11 is 0. The lowest BCUT2D eigenvalue weighted by molar-refractivity contribution is 0.130. The molecule has 6 nitrogen and oxygen atoms in total. The summed E-state index contributed by atoms with van der Waals surface area (Å²) < 4.78 is 2.01. The summed E-state index contributed by atoms with van der Waals surface area (Å²) in [5.41, 5.74) is 3.30. The molecule has 2 fully saturated rings. The van der Waals surface area contributed by atoms with E-state index in [4.69, 9.17) is 0 Å². The summed E-state index contributed by atoms with van der Waals surface area (Å²) in [7, 11) is 0. The molecular formula is C25H32N4O2. The number of nitrogens with one attached hydrogen (secondary N) is 1. The van der Waals surface area contributed by atoms with Gasteiger partial charge in [-0.3, -0.25) is 9.69 Å². The molecule has 2 bridgehead atoms. The molecule has 0 radical (unpaired) electrons. The van der Waals surface area contributed by atoms with Crippen LogP contribution in [0.5, 0.6) is 0 Å². The maximum absolute atomic E-state index is 13.2. The molecule has 2 amide bonds. The van der Waals surface area contributed by atoms with E-state index in [2.05, 4.69) is 16.3 Å². The Hall–Kier alpha value is -2.60. The van der Waals surface area contributed by atoms with Crippen LogP contribution in [0.2, 0.25) is 0 Å². The third-order valence-corrected chi connectivity index (χ3v) is 7.10. The topological polar surface area (TPSA) is 57.6 Å². The van der Waals surface area contributed by atoms with Crippen molar-refractivity contribution in [2.45, 2.75) is 51.2 Å². The van der Waals surface area contributed by atoms with Gasteiger partial charge in [-0.2, -0.15) is 0 Å². The van der Waals surface area contributed by atoms with Gasteiger partial charge in [-0.15, -0.1) is 0 Å². The summed E-state index contributed by atoms with van der Waals surface area (Å²) in [5.74, 6) is 0.586. The van der Waals surface area contributed by atoms with Crippen molar-refractivity contribution in [2.75, 3.05) is 26.2 Å². The largest absolute Gasteiger partial charge is 0.334 e. The van der Waals surface area contributed by atoms with E-state index in [1.54, 1.807) is 0 Å². The molecule has 1 aromatic carbocycles. The molecule has 0 aliphatic carbocycles. The van der Waals surface area contributed by atoms with Crippen molar-refractivity contribution in [3.05, 3.63) is 69.6 Å². The van der Waals surface area contributed by atoms with Crippen LogP contribution in [-0.2, 0) is 19.6 Å². The lowest BCUT2D eigenvalue weighted by Crippen LogP contribution is -2.52. The number of amides is 2. The van der Waals surface area contributed by atoms with Crippen LogP contribution in [0, 0.1) is 5.92 Å². The second-order valence-corrected chi connectivity index (χ2v) is 9.38. The molecule has 4 heterocycles. The number of urea groups is 1. The van der Waals surface area contributed by atoms with E-state index >= 15 is 0 Å². The third kappa shape index (κ3) is 4.40. The molecular weight excluding hydrogens is 388 g/mol. The highest BCUT2D eigenvalue weighted by molar-refractivity contribution is 5.74. The molecule has 2 atom stereocenters. The van der Waals surface area contributed by atoms with E-state index in [1.165, 1.54) is 19.3 Å². The van der Waals surface area contributed by atoms with Gasteiger partial charge in [0.2, 0.25) is 0 Å². The first-order valence-electron chi connectivity index (χ1n) is 11.7. The Morgan fingerprint density at radius 2 is 1.77 bits per heavy atom. The molecule has 31 heavy (non-hydrogen) atoms. The number of carbonyl (C=O) groups is 1. The van der Waals surface area contributed by atoms with Gasteiger partial charge in [0.1, 0.15) is 0 Å². The van der Waals surface area contributed by atoms with Crippen LogP contribution < -0.4 is 10.9 Å². The summed E-state index contributed by atoms with van der Waals surface area (Å²) in [5, 5.41) is 3.06. The van der Waals surface area contributed by atoms with E-state index in [-0.39, 0.29) is 17.5 Å². The van der Waals surface area contributed by atoms with Gasteiger partial charge >= 0.3 is 6.03 Å². The predicted molar refractivity (Wildman–Crippen MR) is 121 cm³/mol. The number of fused-ring (bicyclic) bond motifs is 4. The van der Waals surface area contributed by atoms with Gasteiger partial charge < -0.3 is 14.8 Å². The highest BCUT2D eigenvalue weighted by atomic mass is 16.2. The van der Waals surface area contributed by atoms with E-state index in [0.29, 0.717) is 19.0 Å². The number of pyridine rings is 1. The van der Waals surface area contributed by atoms with Crippen LogP contribution in [-0.4, -0.2) is 46.6 Å². The second-order valence-electron chi connectivity index (χ2n) is 9.38. The molecule has 0 unspecified atom stereocenters. The van der Waals surface area contributed by atoms with E-state index < -0.39 is 0 Å². The normalized spacial score (nSPS) is 23.3. The standard InChI is InChI=1S/C25H32N4O2/c30-24-21(17-27-11-5-2-6-12-27)9-10-23-22-13-20(16-29(23)24)15-28(18-22)25(31)26-14-19-7-3-1-4-8-19/h1,3-4,7-10,20,22H,2,5-6,11-18H2,(H,26,31)/t20-,22+/m0/s1. The monoisotopic (exact) mass is 420 g/mol. The molecule has 1 N–H and O–H groups in total. The predicted octanol–water partition coefficient (Wildman–Crippen LogP) is 3.16. The van der Waals surface area contributed by atoms with Crippen molar-refractivity contribution in [3.63, 3.8) is 0 Å². The van der Waals surface area contributed by atoms with E-state index in [1.807, 2.05) is 45.9 Å². The van der Waals surface area contributed by atoms with Crippen LogP contribution >= 0.6 is 0 Å². The minimum absolute atomic E-state index is 0.00364. The van der Waals surface area contributed by atoms with Gasteiger partial charge in [-0.05, 0) is 49.9 Å². The molecule has 2 saturated heterocycles. The highest BCUT2D eigenvalue weighted by Crippen LogP contribution is 2.35. The number of aromatic nitrogens is 1. The molecule has 3 aliphatic heterocycles. The SMILES string of the molecule is O=C(NCc1ccccc1)N1C[C@@H]2C[C@H](C1)c1ccc(CN3CCCCC3)c(=O)n1C2. The Kier molecular flexibility index (Phi) is 5.81. The molecule has 0 spiro atoms. The minimum atomic E-state index is -0.00364. The zero-order chi connectivity index (χ0) is 21.2. The maximum atomic E-state index is 13.2. The summed E-state index contributed by atoms with van der Waals surface area (Å²) in [6, 6.07) is 14.2. The number of nitrogens with zero attached hydrogens (tertiary/aromatic N) is 3. The highest BCUT2D eigenvalue weighted by Gasteiger charge is 2.36. The van der Waals surface area contributed by atoms with Gasteiger partial charge in [-0.1, -0.05) is 42.8 Å². The maximum Gasteiger partial charge on any atom is 0.317 e. The average molecular weight is 421 g/mol. The number of rotatable bonds is 4. The van der Waals surface area contributed by atoms with Crippen molar-refractivity contribution in [3.8, 4) is 0 Å². The zero-order valence-electron chi connectivity index (χ0n) is 18.1. The van der Waals surface area contributed by atoms with Crippen LogP contribution in [0.1, 0.15) is 48.4 Å². The number of benzene rings is 1. The van der Waals surface area contributed by atoms with Crippen molar-refractivity contribution in [1.82, 2.24) is 19.7 Å². The molecule has 5 rings (SSSR count). The number of carbonyl (C=O) groups excluding carboxylic acids is 1. The van der Waals surface area contributed by atoms with Crippen LogP contribution in [0.3, 0.4) is 0 Å². The first-order valence-corrected chi connectivity index (χ1v) is 11.7. The smallest absolute Gasteiger partial charge is 0.317 e. The summed E-state index contributed by atoms with van der Waals surface area (Å²) in [6.07, 6.45) is 4.84. The zero-order valence-corrected chi connectivity index (χ0v) is 18.1. The van der Waals surface area contributed by atoms with Gasteiger partial charge in [-0.25, -0.2) is 4.79 Å². The van der Waals surface area contributed by atoms with Crippen LogP contribution in [0.25, 0.3) is 0 Å². The number of hydrogen-bond donors (Lipinski definition) is 1. The van der Waals surface area contributed by atoms with Crippen molar-refractivity contribution >= 4 is 6.03 Å². The van der Waals surface area contributed by atoms with Crippen molar-refractivity contribution < 1.29 is 4.79 Å². The minimum Gasteiger partial charge on any atom is -0.334 e. The molecule has 164 valence electrons. The van der Waals surface area contributed by atoms with Crippen molar-refractivity contribution in [2.24, 2.45) is 5.92 Å². The van der Waals surface area contributed by atoms with Gasteiger partial charge in [0, 0.05) is 49.9 Å². The molecule has 3 aliphatic rings. The van der Waals surface area contributed by atoms with Gasteiger partial charge in [0.05, 0.1) is 0 Å². The van der Waals surface area contributed by atoms with Gasteiger partial charge in [0.25, 0.3) is 5.56 Å². The Balaban J connectivity index is 1.27. The molecule has 1 aromatic heterocycles. The summed E-state index contributed by atoms with van der Waals surface area (Å²) in [4.78, 5) is 30.4. The van der Waals surface area contributed by atoms with Gasteiger partial charge in [0.15, 0.2) is 0 Å². The summed E-state index contributed by atoms with van der Waals surface area (Å²) in [6.45, 7) is 5.63. The molecule has 2 aromatic rings.